The van der Waals surface area contributed by atoms with Crippen LogP contribution in [0.15, 0.2) is 6.20 Å². The van der Waals surface area contributed by atoms with Crippen LogP contribution in [-0.2, 0) is 0 Å². The van der Waals surface area contributed by atoms with E-state index in [1.165, 1.54) is 44.9 Å². The molecule has 1 heterocycles. The lowest BCUT2D eigenvalue weighted by molar-refractivity contribution is 0.263. The van der Waals surface area contributed by atoms with E-state index in [1.54, 1.807) is 0 Å². The minimum Gasteiger partial charge on any atom is -0.353 e. The summed E-state index contributed by atoms with van der Waals surface area (Å²) in [4.78, 5) is 4.67. The maximum atomic E-state index is 4.67. The van der Waals surface area contributed by atoms with Crippen molar-refractivity contribution in [3.63, 3.8) is 0 Å². The van der Waals surface area contributed by atoms with E-state index in [2.05, 4.69) is 34.9 Å². The largest absolute Gasteiger partial charge is 0.353 e. The Hall–Kier alpha value is -0.990. The van der Waals surface area contributed by atoms with Crippen LogP contribution in [0.1, 0.15) is 63.6 Å². The second-order valence-electron chi connectivity index (χ2n) is 6.13. The van der Waals surface area contributed by atoms with Gasteiger partial charge in [-0.2, -0.15) is 0 Å². The Kier molecular flexibility index (Phi) is 3.31. The molecule has 2 aliphatic rings. The Morgan fingerprint density at radius 2 is 2.17 bits per heavy atom. The molecule has 3 heteroatoms. The van der Waals surface area contributed by atoms with Crippen molar-refractivity contribution in [1.82, 2.24) is 9.55 Å². The molecule has 0 aromatic carbocycles. The molecule has 2 aliphatic carbocycles. The van der Waals surface area contributed by atoms with Crippen molar-refractivity contribution in [2.75, 3.05) is 5.32 Å². The predicted molar refractivity (Wildman–Crippen MR) is 74.9 cm³/mol. The lowest BCUT2D eigenvalue weighted by Gasteiger charge is -2.30. The van der Waals surface area contributed by atoms with Gasteiger partial charge < -0.3 is 9.88 Å². The third-order valence-corrected chi connectivity index (χ3v) is 4.49. The third-order valence-electron chi connectivity index (χ3n) is 4.49. The normalized spacial score (nSPS) is 28.3. The van der Waals surface area contributed by atoms with Crippen LogP contribution in [0.2, 0.25) is 0 Å². The zero-order valence-corrected chi connectivity index (χ0v) is 11.7. The highest BCUT2D eigenvalue weighted by atomic mass is 15.2. The summed E-state index contributed by atoms with van der Waals surface area (Å²) in [7, 11) is 0. The third kappa shape index (κ3) is 2.55. The van der Waals surface area contributed by atoms with Crippen molar-refractivity contribution in [1.29, 1.82) is 0 Å². The van der Waals surface area contributed by atoms with Crippen LogP contribution in [0.5, 0.6) is 0 Å². The van der Waals surface area contributed by atoms with Crippen molar-refractivity contribution >= 4 is 5.95 Å². The molecule has 2 saturated carbocycles. The van der Waals surface area contributed by atoms with E-state index in [4.69, 9.17) is 0 Å². The summed E-state index contributed by atoms with van der Waals surface area (Å²) in [5.41, 5.74) is 1.15. The zero-order valence-electron chi connectivity index (χ0n) is 11.7. The number of imidazole rings is 1. The van der Waals surface area contributed by atoms with Crippen LogP contribution in [0.4, 0.5) is 5.95 Å². The monoisotopic (exact) mass is 247 g/mol. The predicted octanol–water partition coefficient (Wildman–Crippen LogP) is 3.91. The summed E-state index contributed by atoms with van der Waals surface area (Å²) in [6.07, 6.45) is 11.7. The molecule has 0 saturated heterocycles. The summed E-state index contributed by atoms with van der Waals surface area (Å²) in [5.74, 6) is 2.04. The molecule has 1 aromatic heterocycles. The number of nitrogens with one attached hydrogen (secondary N) is 1. The van der Waals surface area contributed by atoms with Gasteiger partial charge in [0.25, 0.3) is 0 Å². The SMILES string of the molecule is CCC1CCCC(n2cc(C)nc2NC2CC2)C1. The fraction of sp³-hybridized carbons (Fsp3) is 0.800. The maximum absolute atomic E-state index is 4.67. The van der Waals surface area contributed by atoms with E-state index < -0.39 is 0 Å². The number of hydrogen-bond acceptors (Lipinski definition) is 2. The van der Waals surface area contributed by atoms with Crippen molar-refractivity contribution < 1.29 is 0 Å². The smallest absolute Gasteiger partial charge is 0.203 e. The van der Waals surface area contributed by atoms with E-state index in [9.17, 15) is 0 Å². The second-order valence-corrected chi connectivity index (χ2v) is 6.13. The Morgan fingerprint density at radius 1 is 1.33 bits per heavy atom. The first-order chi connectivity index (χ1) is 8.76. The van der Waals surface area contributed by atoms with Crippen LogP contribution >= 0.6 is 0 Å². The van der Waals surface area contributed by atoms with Gasteiger partial charge in [0.2, 0.25) is 5.95 Å². The van der Waals surface area contributed by atoms with Crippen LogP contribution in [0.25, 0.3) is 0 Å². The highest BCUT2D eigenvalue weighted by Gasteiger charge is 2.27. The first kappa shape index (κ1) is 12.1. The van der Waals surface area contributed by atoms with E-state index in [-0.39, 0.29) is 0 Å². The lowest BCUT2D eigenvalue weighted by atomic mass is 9.84. The molecule has 0 radical (unpaired) electrons. The van der Waals surface area contributed by atoms with E-state index >= 15 is 0 Å². The van der Waals surface area contributed by atoms with Gasteiger partial charge in [0.05, 0.1) is 5.69 Å². The van der Waals surface area contributed by atoms with Gasteiger partial charge in [-0.1, -0.05) is 26.2 Å². The van der Waals surface area contributed by atoms with Gasteiger partial charge in [0, 0.05) is 18.3 Å². The molecule has 0 bridgehead atoms. The summed E-state index contributed by atoms with van der Waals surface area (Å²) < 4.78 is 2.43. The molecule has 0 spiro atoms. The van der Waals surface area contributed by atoms with Crippen LogP contribution in [-0.4, -0.2) is 15.6 Å². The van der Waals surface area contributed by atoms with Crippen molar-refractivity contribution in [2.45, 2.75) is 70.9 Å². The standard InChI is InChI=1S/C15H25N3/c1-3-12-5-4-6-14(9-12)18-10-11(2)16-15(18)17-13-7-8-13/h10,12-14H,3-9H2,1-2H3,(H,16,17). The molecule has 2 unspecified atom stereocenters. The van der Waals surface area contributed by atoms with Gasteiger partial charge in [-0.25, -0.2) is 4.98 Å². The molecule has 18 heavy (non-hydrogen) atoms. The molecule has 1 N–H and O–H groups in total. The minimum absolute atomic E-state index is 0.672. The van der Waals surface area contributed by atoms with Crippen molar-refractivity contribution in [3.05, 3.63) is 11.9 Å². The van der Waals surface area contributed by atoms with E-state index in [1.807, 2.05) is 0 Å². The number of nitrogens with zero attached hydrogens (tertiary/aromatic N) is 2. The maximum Gasteiger partial charge on any atom is 0.203 e. The van der Waals surface area contributed by atoms with Gasteiger partial charge in [-0.3, -0.25) is 0 Å². The molecule has 3 nitrogen and oxygen atoms in total. The van der Waals surface area contributed by atoms with Crippen LogP contribution in [0.3, 0.4) is 0 Å². The number of aryl methyl sites for hydroxylation is 1. The van der Waals surface area contributed by atoms with E-state index in [0.717, 1.165) is 17.6 Å². The highest BCUT2D eigenvalue weighted by Crippen LogP contribution is 2.36. The fourth-order valence-corrected chi connectivity index (χ4v) is 3.20. The number of rotatable bonds is 4. The number of hydrogen-bond donors (Lipinski definition) is 1. The van der Waals surface area contributed by atoms with Gasteiger partial charge in [-0.15, -0.1) is 0 Å². The minimum atomic E-state index is 0.672. The molecular formula is C15H25N3. The molecule has 0 amide bonds. The molecule has 100 valence electrons. The molecule has 0 aliphatic heterocycles. The molecule has 2 atom stereocenters. The first-order valence-corrected chi connectivity index (χ1v) is 7.58. The topological polar surface area (TPSA) is 29.9 Å². The lowest BCUT2D eigenvalue weighted by Crippen LogP contribution is -2.20. The summed E-state index contributed by atoms with van der Waals surface area (Å²) >= 11 is 0. The molecule has 2 fully saturated rings. The Morgan fingerprint density at radius 3 is 2.89 bits per heavy atom. The van der Waals surface area contributed by atoms with Crippen LogP contribution < -0.4 is 5.32 Å². The Labute approximate surface area is 110 Å². The first-order valence-electron chi connectivity index (χ1n) is 7.58. The quantitative estimate of drug-likeness (QED) is 0.874. The van der Waals surface area contributed by atoms with Gasteiger partial charge in [-0.05, 0) is 38.5 Å². The molecule has 1 aromatic rings. The average Bonchev–Trinajstić information content (AvgIpc) is 3.12. The van der Waals surface area contributed by atoms with Gasteiger partial charge in [0.1, 0.15) is 0 Å². The highest BCUT2D eigenvalue weighted by molar-refractivity contribution is 5.33. The second kappa shape index (κ2) is 4.94. The van der Waals surface area contributed by atoms with Gasteiger partial charge in [0.15, 0.2) is 0 Å². The summed E-state index contributed by atoms with van der Waals surface area (Å²) in [6.45, 7) is 4.43. The van der Waals surface area contributed by atoms with Crippen molar-refractivity contribution in [2.24, 2.45) is 5.92 Å². The fourth-order valence-electron chi connectivity index (χ4n) is 3.20. The van der Waals surface area contributed by atoms with Crippen LogP contribution in [0, 0.1) is 12.8 Å². The number of aromatic nitrogens is 2. The van der Waals surface area contributed by atoms with Crippen molar-refractivity contribution in [3.8, 4) is 0 Å². The Balaban J connectivity index is 1.76. The molecule has 3 rings (SSSR count). The summed E-state index contributed by atoms with van der Waals surface area (Å²) in [5, 5.41) is 3.59. The Bertz CT molecular complexity index is 406. The summed E-state index contributed by atoms with van der Waals surface area (Å²) in [6, 6.07) is 1.36. The zero-order chi connectivity index (χ0) is 12.5. The van der Waals surface area contributed by atoms with Gasteiger partial charge >= 0.3 is 0 Å². The number of anilines is 1. The molecular weight excluding hydrogens is 222 g/mol. The average molecular weight is 247 g/mol. The van der Waals surface area contributed by atoms with E-state index in [0.29, 0.717) is 12.1 Å².